The number of fused-ring (bicyclic) bond motifs is 3. The summed E-state index contributed by atoms with van der Waals surface area (Å²) in [6.07, 6.45) is 0.891. The van der Waals surface area contributed by atoms with Gasteiger partial charge in [-0.05, 0) is 31.0 Å². The van der Waals surface area contributed by atoms with Crippen molar-refractivity contribution in [3.05, 3.63) is 45.3 Å². The molecular formula is C21H23ClN2OS3. The van der Waals surface area contributed by atoms with Gasteiger partial charge in [0.2, 0.25) is 0 Å². The lowest BCUT2D eigenvalue weighted by Gasteiger charge is -2.30. The Morgan fingerprint density at radius 3 is 2.79 bits per heavy atom. The molecule has 1 aliphatic rings. The molecule has 3 heterocycles. The van der Waals surface area contributed by atoms with Crippen LogP contribution in [0.2, 0.25) is 5.02 Å². The SMILES string of the molecule is CC(C)Sc1nc(SCc2ccccc2Cl)c2c3c(sc2n1)COC(C)(C)C3. The molecule has 1 aromatic carbocycles. The number of thioether (sulfide) groups is 2. The Kier molecular flexibility index (Phi) is 5.96. The van der Waals surface area contributed by atoms with Crippen LogP contribution in [0.5, 0.6) is 0 Å². The summed E-state index contributed by atoms with van der Waals surface area (Å²) in [5, 5.41) is 4.36. The van der Waals surface area contributed by atoms with Crippen molar-refractivity contribution in [2.24, 2.45) is 0 Å². The highest BCUT2D eigenvalue weighted by molar-refractivity contribution is 8.00. The molecule has 148 valence electrons. The number of thiophene rings is 1. The Labute approximate surface area is 183 Å². The average Bonchev–Trinajstić information content (AvgIpc) is 2.96. The van der Waals surface area contributed by atoms with E-state index in [1.807, 2.05) is 18.2 Å². The smallest absolute Gasteiger partial charge is 0.190 e. The second kappa shape index (κ2) is 8.15. The molecule has 0 N–H and O–H groups in total. The average molecular weight is 451 g/mol. The summed E-state index contributed by atoms with van der Waals surface area (Å²) < 4.78 is 6.03. The van der Waals surface area contributed by atoms with Gasteiger partial charge in [-0.2, -0.15) is 0 Å². The minimum atomic E-state index is -0.156. The van der Waals surface area contributed by atoms with E-state index < -0.39 is 0 Å². The lowest BCUT2D eigenvalue weighted by atomic mass is 9.95. The van der Waals surface area contributed by atoms with E-state index in [4.69, 9.17) is 26.3 Å². The molecule has 3 aromatic rings. The summed E-state index contributed by atoms with van der Waals surface area (Å²) in [7, 11) is 0. The topological polar surface area (TPSA) is 35.0 Å². The fourth-order valence-corrected chi connectivity index (χ4v) is 6.56. The molecule has 7 heteroatoms. The van der Waals surface area contributed by atoms with E-state index in [1.54, 1.807) is 34.9 Å². The van der Waals surface area contributed by atoms with Crippen molar-refractivity contribution in [2.45, 2.75) is 67.5 Å². The van der Waals surface area contributed by atoms with Crippen LogP contribution in [0.3, 0.4) is 0 Å². The number of halogens is 1. The summed E-state index contributed by atoms with van der Waals surface area (Å²) in [6.45, 7) is 9.31. The molecule has 0 radical (unpaired) electrons. The van der Waals surface area contributed by atoms with Gasteiger partial charge < -0.3 is 4.74 Å². The zero-order valence-electron chi connectivity index (χ0n) is 16.4. The summed E-state index contributed by atoms with van der Waals surface area (Å²) >= 11 is 11.6. The van der Waals surface area contributed by atoms with Gasteiger partial charge in [0.05, 0.1) is 12.2 Å². The molecule has 0 spiro atoms. The lowest BCUT2D eigenvalue weighted by molar-refractivity contribution is -0.0379. The van der Waals surface area contributed by atoms with Gasteiger partial charge in [0.1, 0.15) is 9.86 Å². The zero-order chi connectivity index (χ0) is 19.9. The standard InChI is InChI=1S/C21H23ClN2OS3/c1-12(2)27-20-23-18(26-11-13-7-5-6-8-15(13)22)17-14-9-21(3,4)25-10-16(14)28-19(17)24-20/h5-8,12H,9-11H2,1-4H3. The van der Waals surface area contributed by atoms with Gasteiger partial charge >= 0.3 is 0 Å². The maximum Gasteiger partial charge on any atom is 0.190 e. The van der Waals surface area contributed by atoms with E-state index >= 15 is 0 Å². The molecule has 0 bridgehead atoms. The number of hydrogen-bond donors (Lipinski definition) is 0. The molecule has 3 nitrogen and oxygen atoms in total. The van der Waals surface area contributed by atoms with Gasteiger partial charge in [-0.3, -0.25) is 0 Å². The maximum atomic E-state index is 6.38. The summed E-state index contributed by atoms with van der Waals surface area (Å²) in [5.41, 5.74) is 2.34. The Bertz CT molecular complexity index is 1020. The second-order valence-electron chi connectivity index (χ2n) is 7.77. The third-order valence-corrected chi connectivity index (χ3v) is 7.90. The van der Waals surface area contributed by atoms with Crippen LogP contribution in [0, 0.1) is 0 Å². The van der Waals surface area contributed by atoms with Crippen LogP contribution in [0.25, 0.3) is 10.2 Å². The fraction of sp³-hybridized carbons (Fsp3) is 0.429. The fourth-order valence-electron chi connectivity index (χ4n) is 3.22. The summed E-state index contributed by atoms with van der Waals surface area (Å²) in [4.78, 5) is 12.2. The van der Waals surface area contributed by atoms with Crippen LogP contribution >= 0.6 is 46.5 Å². The quantitative estimate of drug-likeness (QED) is 0.238. The Balaban J connectivity index is 1.77. The molecule has 4 rings (SSSR count). The van der Waals surface area contributed by atoms with Gasteiger partial charge in [0.15, 0.2) is 5.16 Å². The van der Waals surface area contributed by atoms with Crippen LogP contribution in [-0.2, 0) is 23.5 Å². The van der Waals surface area contributed by atoms with E-state index in [9.17, 15) is 0 Å². The van der Waals surface area contributed by atoms with E-state index in [1.165, 1.54) is 15.8 Å². The van der Waals surface area contributed by atoms with Crippen LogP contribution in [-0.4, -0.2) is 20.8 Å². The van der Waals surface area contributed by atoms with Crippen LogP contribution in [0.4, 0.5) is 0 Å². The molecule has 0 atom stereocenters. The largest absolute Gasteiger partial charge is 0.370 e. The number of aromatic nitrogens is 2. The summed E-state index contributed by atoms with van der Waals surface area (Å²) in [6, 6.07) is 8.02. The Morgan fingerprint density at radius 1 is 1.25 bits per heavy atom. The first-order chi connectivity index (χ1) is 13.3. The van der Waals surface area contributed by atoms with E-state index in [-0.39, 0.29) is 5.60 Å². The maximum absolute atomic E-state index is 6.38. The molecule has 0 saturated heterocycles. The molecule has 0 saturated carbocycles. The normalized spacial score (nSPS) is 15.9. The third-order valence-electron chi connectivity index (χ3n) is 4.54. The molecule has 2 aromatic heterocycles. The molecule has 0 fully saturated rings. The number of rotatable bonds is 5. The molecule has 0 aliphatic carbocycles. The van der Waals surface area contributed by atoms with Crippen molar-refractivity contribution < 1.29 is 4.74 Å². The number of hydrogen-bond acceptors (Lipinski definition) is 6. The number of ether oxygens (including phenoxy) is 1. The summed E-state index contributed by atoms with van der Waals surface area (Å²) in [5.74, 6) is 0.794. The van der Waals surface area contributed by atoms with Crippen molar-refractivity contribution in [3.8, 4) is 0 Å². The lowest BCUT2D eigenvalue weighted by Crippen LogP contribution is -2.31. The van der Waals surface area contributed by atoms with E-state index in [2.05, 4.69) is 33.8 Å². The van der Waals surface area contributed by atoms with Gasteiger partial charge in [-0.25, -0.2) is 9.97 Å². The minimum absolute atomic E-state index is 0.156. The van der Waals surface area contributed by atoms with Crippen LogP contribution in [0.1, 0.15) is 43.7 Å². The minimum Gasteiger partial charge on any atom is -0.370 e. The molecule has 0 unspecified atom stereocenters. The Morgan fingerprint density at radius 2 is 2.04 bits per heavy atom. The first-order valence-electron chi connectivity index (χ1n) is 9.31. The van der Waals surface area contributed by atoms with Gasteiger partial charge in [0.25, 0.3) is 0 Å². The van der Waals surface area contributed by atoms with Gasteiger partial charge in [-0.15, -0.1) is 23.1 Å². The molecular weight excluding hydrogens is 428 g/mol. The van der Waals surface area contributed by atoms with Crippen molar-refractivity contribution in [1.82, 2.24) is 9.97 Å². The first kappa shape index (κ1) is 20.5. The molecule has 0 amide bonds. The number of benzene rings is 1. The van der Waals surface area contributed by atoms with Crippen LogP contribution in [0.15, 0.2) is 34.4 Å². The monoisotopic (exact) mass is 450 g/mol. The van der Waals surface area contributed by atoms with E-state index in [0.717, 1.165) is 37.8 Å². The number of nitrogens with zero attached hydrogens (tertiary/aromatic N) is 2. The second-order valence-corrected chi connectivity index (χ2v) is 11.8. The highest BCUT2D eigenvalue weighted by Gasteiger charge is 2.31. The Hall–Kier alpha value is -0.790. The third kappa shape index (κ3) is 4.36. The van der Waals surface area contributed by atoms with Crippen molar-refractivity contribution in [3.63, 3.8) is 0 Å². The first-order valence-corrected chi connectivity index (χ1v) is 12.4. The van der Waals surface area contributed by atoms with Crippen LogP contribution < -0.4 is 0 Å². The van der Waals surface area contributed by atoms with E-state index in [0.29, 0.717) is 11.9 Å². The highest BCUT2D eigenvalue weighted by Crippen LogP contribution is 2.43. The zero-order valence-corrected chi connectivity index (χ0v) is 19.6. The van der Waals surface area contributed by atoms with Crippen molar-refractivity contribution >= 4 is 56.7 Å². The van der Waals surface area contributed by atoms with Gasteiger partial charge in [0, 0.05) is 32.7 Å². The van der Waals surface area contributed by atoms with Gasteiger partial charge in [-0.1, -0.05) is 55.4 Å². The van der Waals surface area contributed by atoms with Crippen molar-refractivity contribution in [1.29, 1.82) is 0 Å². The van der Waals surface area contributed by atoms with Crippen molar-refractivity contribution in [2.75, 3.05) is 0 Å². The predicted molar refractivity (Wildman–Crippen MR) is 122 cm³/mol. The molecule has 1 aliphatic heterocycles. The molecule has 28 heavy (non-hydrogen) atoms. The highest BCUT2D eigenvalue weighted by atomic mass is 35.5. The predicted octanol–water partition coefficient (Wildman–Crippen LogP) is 6.99.